The number of alkyl halides is 6. The first-order valence-corrected chi connectivity index (χ1v) is 10.8. The van der Waals surface area contributed by atoms with Crippen LogP contribution in [0.4, 0.5) is 32.4 Å². The van der Waals surface area contributed by atoms with E-state index < -0.39 is 29.6 Å². The molecule has 4 heterocycles. The summed E-state index contributed by atoms with van der Waals surface area (Å²) in [6.45, 7) is 4.25. The number of phenols is 1. The van der Waals surface area contributed by atoms with Gasteiger partial charge in [0.05, 0.1) is 30.0 Å². The number of aromatic hydroxyl groups is 1. The summed E-state index contributed by atoms with van der Waals surface area (Å²) in [5, 5.41) is 20.7. The minimum atomic E-state index is -5.08. The minimum Gasteiger partial charge on any atom is -0.507 e. The van der Waals surface area contributed by atoms with Crippen molar-refractivity contribution in [3.8, 4) is 17.0 Å². The second kappa shape index (κ2) is 9.70. The van der Waals surface area contributed by atoms with Crippen LogP contribution >= 0.6 is 0 Å². The van der Waals surface area contributed by atoms with E-state index in [1.807, 2.05) is 0 Å². The first-order chi connectivity index (χ1) is 17.3. The van der Waals surface area contributed by atoms with Gasteiger partial charge in [0, 0.05) is 25.2 Å². The quantitative estimate of drug-likeness (QED) is 0.423. The molecule has 0 unspecified atom stereocenters. The number of hydrogen-bond donors (Lipinski definition) is 3. The van der Waals surface area contributed by atoms with E-state index in [1.165, 1.54) is 6.92 Å². The summed E-state index contributed by atoms with van der Waals surface area (Å²) in [5.41, 5.74) is 0.723. The van der Waals surface area contributed by atoms with Gasteiger partial charge in [0.25, 0.3) is 6.01 Å². The Morgan fingerprint density at radius 3 is 2.46 bits per heavy atom. The summed E-state index contributed by atoms with van der Waals surface area (Å²) in [5.74, 6) is -3.24. The smallest absolute Gasteiger partial charge is 0.490 e. The third kappa shape index (κ3) is 5.56. The number of nitrogens with one attached hydrogen (secondary N) is 1. The number of fused-ring (bicyclic) bond motifs is 2. The Labute approximate surface area is 204 Å². The van der Waals surface area contributed by atoms with Crippen molar-refractivity contribution in [3.63, 3.8) is 0 Å². The highest BCUT2D eigenvalue weighted by Crippen LogP contribution is 2.39. The number of anilines is 1. The number of hydrogen-bond acceptors (Lipinski definition) is 8. The van der Waals surface area contributed by atoms with Gasteiger partial charge in [-0.1, -0.05) is 0 Å². The Kier molecular flexibility index (Phi) is 6.94. The number of oxazole rings is 1. The van der Waals surface area contributed by atoms with Crippen molar-refractivity contribution in [1.29, 1.82) is 0 Å². The van der Waals surface area contributed by atoms with Gasteiger partial charge in [-0.3, -0.25) is 0 Å². The number of rotatable bonds is 2. The van der Waals surface area contributed by atoms with E-state index in [1.54, 1.807) is 12.1 Å². The fourth-order valence-electron chi connectivity index (χ4n) is 4.16. The van der Waals surface area contributed by atoms with Gasteiger partial charge in [0.1, 0.15) is 5.75 Å². The average Bonchev–Trinajstić information content (AvgIpc) is 3.44. The summed E-state index contributed by atoms with van der Waals surface area (Å²) in [4.78, 5) is 19.9. The summed E-state index contributed by atoms with van der Waals surface area (Å²) in [7, 11) is 0. The number of carboxylic acids is 1. The molecule has 2 saturated heterocycles. The molecule has 0 saturated carbocycles. The van der Waals surface area contributed by atoms with Crippen molar-refractivity contribution in [2.45, 2.75) is 31.4 Å². The van der Waals surface area contributed by atoms with Crippen LogP contribution in [0.1, 0.15) is 11.1 Å². The largest absolute Gasteiger partial charge is 0.507 e. The van der Waals surface area contributed by atoms with E-state index >= 15 is 0 Å². The highest BCUT2D eigenvalue weighted by atomic mass is 19.4. The average molecular weight is 534 g/mol. The van der Waals surface area contributed by atoms with Crippen LogP contribution in [0.15, 0.2) is 28.7 Å². The fraction of sp³-hybridized carbons (Fsp3) is 0.409. The Morgan fingerprint density at radius 2 is 1.84 bits per heavy atom. The molecule has 9 nitrogen and oxygen atoms in total. The molecule has 3 N–H and O–H groups in total. The lowest BCUT2D eigenvalue weighted by Crippen LogP contribution is -2.51. The van der Waals surface area contributed by atoms with Crippen LogP contribution in [0.3, 0.4) is 0 Å². The minimum absolute atomic E-state index is 0.0732. The number of halogens is 6. The van der Waals surface area contributed by atoms with Gasteiger partial charge in [-0.15, -0.1) is 0 Å². The number of carboxylic acid groups (broad SMARTS) is 1. The molecule has 0 aliphatic carbocycles. The summed E-state index contributed by atoms with van der Waals surface area (Å²) >= 11 is 0. The molecular formula is C22H20F6N4O5. The van der Waals surface area contributed by atoms with Gasteiger partial charge in [-0.05, 0) is 36.8 Å². The van der Waals surface area contributed by atoms with E-state index in [2.05, 4.69) is 20.2 Å². The van der Waals surface area contributed by atoms with Crippen molar-refractivity contribution in [2.24, 2.45) is 0 Å². The number of ether oxygens (including phenoxy) is 1. The maximum atomic E-state index is 13.0. The molecule has 2 atom stereocenters. The highest BCUT2D eigenvalue weighted by Gasteiger charge is 2.39. The van der Waals surface area contributed by atoms with Crippen LogP contribution in [0.2, 0.25) is 0 Å². The zero-order valence-corrected chi connectivity index (χ0v) is 19.0. The third-order valence-electron chi connectivity index (χ3n) is 5.82. The predicted molar refractivity (Wildman–Crippen MR) is 116 cm³/mol. The van der Waals surface area contributed by atoms with Crippen molar-refractivity contribution in [1.82, 2.24) is 15.3 Å². The van der Waals surface area contributed by atoms with Crippen LogP contribution in [0.5, 0.6) is 5.75 Å². The number of aryl methyl sites for hydroxylation is 1. The number of carbonyl (C=O) groups is 1. The SMILES string of the molecule is Cc1cc(C(F)(F)F)cc(O)c1-c1ccc2oc(N3CCO[C@H]4CNC[C@@H]43)nc2n1.O=C(O)C(F)(F)F. The molecular weight excluding hydrogens is 514 g/mol. The summed E-state index contributed by atoms with van der Waals surface area (Å²) in [6, 6.07) is 5.53. The van der Waals surface area contributed by atoms with E-state index in [0.29, 0.717) is 42.2 Å². The van der Waals surface area contributed by atoms with Gasteiger partial charge < -0.3 is 29.6 Å². The lowest BCUT2D eigenvalue weighted by Gasteiger charge is -2.35. The Morgan fingerprint density at radius 1 is 1.14 bits per heavy atom. The Balaban J connectivity index is 0.000000405. The van der Waals surface area contributed by atoms with Crippen LogP contribution in [0, 0.1) is 6.92 Å². The molecule has 200 valence electrons. The Bertz CT molecular complexity index is 1290. The monoisotopic (exact) mass is 534 g/mol. The zero-order valence-electron chi connectivity index (χ0n) is 19.0. The molecule has 0 bridgehead atoms. The highest BCUT2D eigenvalue weighted by molar-refractivity contribution is 5.78. The molecule has 2 fully saturated rings. The van der Waals surface area contributed by atoms with Crippen molar-refractivity contribution >= 4 is 23.2 Å². The van der Waals surface area contributed by atoms with Gasteiger partial charge in [0.15, 0.2) is 5.58 Å². The molecule has 0 radical (unpaired) electrons. The van der Waals surface area contributed by atoms with Gasteiger partial charge in [-0.2, -0.15) is 31.3 Å². The number of pyridine rings is 1. The second-order valence-corrected chi connectivity index (χ2v) is 8.33. The predicted octanol–water partition coefficient (Wildman–Crippen LogP) is 3.73. The first-order valence-electron chi connectivity index (χ1n) is 10.8. The standard InChI is InChI=1S/C20H19F3N4O3.C2HF3O2/c1-10-6-11(20(21,22)23)7-14(28)17(10)12-2-3-15-18(25-12)26-19(30-15)27-4-5-29-16-9-24-8-13(16)27;3-2(4,5)1(6)7/h2-3,6-7,13,16,24,28H,4-5,8-9H2,1H3;(H,6,7)/t13-,16-;/m0./s1. The van der Waals surface area contributed by atoms with Crippen LogP contribution in [0.25, 0.3) is 22.5 Å². The first kappa shape index (κ1) is 26.5. The van der Waals surface area contributed by atoms with Gasteiger partial charge in [0.2, 0.25) is 5.65 Å². The molecule has 2 aliphatic heterocycles. The molecule has 0 amide bonds. The van der Waals surface area contributed by atoms with E-state index in [4.69, 9.17) is 19.1 Å². The van der Waals surface area contributed by atoms with E-state index in [0.717, 1.165) is 19.2 Å². The summed E-state index contributed by atoms with van der Waals surface area (Å²) < 4.78 is 82.4. The lowest BCUT2D eigenvalue weighted by atomic mass is 10.0. The van der Waals surface area contributed by atoms with Gasteiger partial charge in [-0.25, -0.2) is 9.78 Å². The zero-order chi connectivity index (χ0) is 27.1. The molecule has 5 rings (SSSR count). The molecule has 37 heavy (non-hydrogen) atoms. The molecule has 15 heteroatoms. The molecule has 0 spiro atoms. The normalized spacial score (nSPS) is 19.9. The Hall–Kier alpha value is -3.59. The van der Waals surface area contributed by atoms with Crippen LogP contribution < -0.4 is 10.2 Å². The molecule has 3 aromatic rings. The molecule has 1 aromatic carbocycles. The van der Waals surface area contributed by atoms with Crippen molar-refractivity contribution < 1.29 is 50.5 Å². The second-order valence-electron chi connectivity index (χ2n) is 8.33. The van der Waals surface area contributed by atoms with E-state index in [9.17, 15) is 31.4 Å². The lowest BCUT2D eigenvalue weighted by molar-refractivity contribution is -0.192. The maximum Gasteiger partial charge on any atom is 0.490 e. The number of morpholine rings is 1. The van der Waals surface area contributed by atoms with Gasteiger partial charge >= 0.3 is 18.3 Å². The number of phenolic OH excluding ortho intramolecular Hbond substituents is 1. The van der Waals surface area contributed by atoms with Crippen molar-refractivity contribution in [2.75, 3.05) is 31.1 Å². The number of aromatic nitrogens is 2. The number of aliphatic carboxylic acids is 1. The van der Waals surface area contributed by atoms with Crippen LogP contribution in [-0.2, 0) is 15.7 Å². The molecule has 2 aliphatic rings. The summed E-state index contributed by atoms with van der Waals surface area (Å²) in [6.07, 6.45) is -9.55. The third-order valence-corrected chi connectivity index (χ3v) is 5.82. The topological polar surface area (TPSA) is 121 Å². The number of nitrogens with zero attached hydrogens (tertiary/aromatic N) is 3. The maximum absolute atomic E-state index is 13.0. The fourth-order valence-corrected chi connectivity index (χ4v) is 4.16. The van der Waals surface area contributed by atoms with E-state index in [-0.39, 0.29) is 23.3 Å². The molecule has 2 aromatic heterocycles. The van der Waals surface area contributed by atoms with Crippen LogP contribution in [-0.4, -0.2) is 70.7 Å². The van der Waals surface area contributed by atoms with Crippen molar-refractivity contribution in [3.05, 3.63) is 35.4 Å². The number of benzene rings is 1.